The molecule has 0 aromatic rings. The second-order valence-corrected chi connectivity index (χ2v) is 6.07. The van der Waals surface area contributed by atoms with E-state index in [1.54, 1.807) is 0 Å². The van der Waals surface area contributed by atoms with Gasteiger partial charge in [0.25, 0.3) is 0 Å². The number of hydrogen-bond acceptors (Lipinski definition) is 3. The Morgan fingerprint density at radius 2 is 2.06 bits per heavy atom. The maximum Gasteiger partial charge on any atom is 0.0433 e. The summed E-state index contributed by atoms with van der Waals surface area (Å²) in [5, 5.41) is 9.07. The van der Waals surface area contributed by atoms with Crippen LogP contribution in [0.2, 0.25) is 0 Å². The molecule has 1 unspecified atom stereocenters. The molecule has 1 fully saturated rings. The highest BCUT2D eigenvalue weighted by Gasteiger charge is 2.34. The van der Waals surface area contributed by atoms with Crippen molar-refractivity contribution in [1.29, 1.82) is 0 Å². The van der Waals surface area contributed by atoms with E-state index in [4.69, 9.17) is 5.11 Å². The maximum absolute atomic E-state index is 9.07. The van der Waals surface area contributed by atoms with Gasteiger partial charge in [-0.2, -0.15) is 0 Å². The summed E-state index contributed by atoms with van der Waals surface area (Å²) >= 11 is 0. The highest BCUT2D eigenvalue weighted by Crippen LogP contribution is 2.36. The van der Waals surface area contributed by atoms with Crippen molar-refractivity contribution in [3.05, 3.63) is 0 Å². The number of likely N-dealkylation sites (N-methyl/N-ethyl adjacent to an activating group) is 1. The second-order valence-electron chi connectivity index (χ2n) is 6.07. The SMILES string of the molecule is CN(C)CCN1CCC(CCO)C(C)(C)C1. The average Bonchev–Trinajstić information content (AvgIpc) is 2.18. The van der Waals surface area contributed by atoms with Gasteiger partial charge >= 0.3 is 0 Å². The predicted octanol–water partition coefficient (Wildman–Crippen LogP) is 1.28. The number of aliphatic hydroxyl groups is 1. The first-order chi connectivity index (χ1) is 7.45. The van der Waals surface area contributed by atoms with Crippen molar-refractivity contribution in [2.75, 3.05) is 46.9 Å². The molecule has 0 spiro atoms. The zero-order chi connectivity index (χ0) is 12.2. The Hall–Kier alpha value is -0.120. The minimum absolute atomic E-state index is 0.339. The fourth-order valence-electron chi connectivity index (χ4n) is 2.74. The van der Waals surface area contributed by atoms with Gasteiger partial charge in [-0.05, 0) is 44.8 Å². The van der Waals surface area contributed by atoms with E-state index in [9.17, 15) is 0 Å². The molecule has 0 amide bonds. The average molecular weight is 228 g/mol. The predicted molar refractivity (Wildman–Crippen MR) is 68.6 cm³/mol. The molecule has 96 valence electrons. The van der Waals surface area contributed by atoms with E-state index in [2.05, 4.69) is 37.7 Å². The van der Waals surface area contributed by atoms with Gasteiger partial charge in [-0.15, -0.1) is 0 Å². The van der Waals surface area contributed by atoms with Crippen molar-refractivity contribution in [2.24, 2.45) is 11.3 Å². The minimum Gasteiger partial charge on any atom is -0.396 e. The molecule has 1 saturated heterocycles. The van der Waals surface area contributed by atoms with E-state index in [0.29, 0.717) is 17.9 Å². The molecule has 1 rings (SSSR count). The molecule has 0 radical (unpaired) electrons. The highest BCUT2D eigenvalue weighted by atomic mass is 16.3. The van der Waals surface area contributed by atoms with Crippen LogP contribution in [0.5, 0.6) is 0 Å². The van der Waals surface area contributed by atoms with Crippen LogP contribution in [0.1, 0.15) is 26.7 Å². The number of piperidine rings is 1. The summed E-state index contributed by atoms with van der Waals surface area (Å²) in [6.07, 6.45) is 2.20. The Labute approximate surface area is 100 Å². The number of rotatable bonds is 5. The number of aliphatic hydroxyl groups excluding tert-OH is 1. The molecule has 3 nitrogen and oxygen atoms in total. The van der Waals surface area contributed by atoms with E-state index in [-0.39, 0.29) is 0 Å². The van der Waals surface area contributed by atoms with Gasteiger partial charge < -0.3 is 14.9 Å². The third kappa shape index (κ3) is 4.04. The fourth-order valence-corrected chi connectivity index (χ4v) is 2.74. The third-order valence-electron chi connectivity index (χ3n) is 3.87. The van der Waals surface area contributed by atoms with Crippen molar-refractivity contribution in [2.45, 2.75) is 26.7 Å². The molecule has 1 aliphatic heterocycles. The number of likely N-dealkylation sites (tertiary alicyclic amines) is 1. The quantitative estimate of drug-likeness (QED) is 0.768. The molecule has 16 heavy (non-hydrogen) atoms. The Kier molecular flexibility index (Phi) is 5.22. The van der Waals surface area contributed by atoms with Crippen molar-refractivity contribution >= 4 is 0 Å². The summed E-state index contributed by atoms with van der Waals surface area (Å²) in [5.41, 5.74) is 0.354. The molecule has 0 aromatic carbocycles. The minimum atomic E-state index is 0.339. The van der Waals surface area contributed by atoms with Gasteiger partial charge in [0.05, 0.1) is 0 Å². The van der Waals surface area contributed by atoms with Gasteiger partial charge in [-0.25, -0.2) is 0 Å². The van der Waals surface area contributed by atoms with Crippen LogP contribution in [0.25, 0.3) is 0 Å². The summed E-state index contributed by atoms with van der Waals surface area (Å²) in [5.74, 6) is 0.688. The zero-order valence-corrected chi connectivity index (χ0v) is 11.4. The molecule has 0 saturated carbocycles. The lowest BCUT2D eigenvalue weighted by atomic mass is 9.72. The molecule has 1 atom stereocenters. The Morgan fingerprint density at radius 1 is 1.38 bits per heavy atom. The van der Waals surface area contributed by atoms with Crippen LogP contribution in [0.3, 0.4) is 0 Å². The molecular formula is C13H28N2O. The lowest BCUT2D eigenvalue weighted by Crippen LogP contribution is -2.47. The van der Waals surface area contributed by atoms with Gasteiger partial charge in [0, 0.05) is 26.2 Å². The monoisotopic (exact) mass is 228 g/mol. The summed E-state index contributed by atoms with van der Waals surface area (Å²) in [6.45, 7) is 9.70. The number of nitrogens with zero attached hydrogens (tertiary/aromatic N) is 2. The molecule has 1 heterocycles. The summed E-state index contributed by atoms with van der Waals surface area (Å²) in [7, 11) is 4.26. The number of hydrogen-bond donors (Lipinski definition) is 1. The molecule has 1 N–H and O–H groups in total. The highest BCUT2D eigenvalue weighted by molar-refractivity contribution is 4.87. The van der Waals surface area contributed by atoms with Crippen molar-refractivity contribution in [1.82, 2.24) is 9.80 Å². The Balaban J connectivity index is 2.40. The lowest BCUT2D eigenvalue weighted by molar-refractivity contribution is 0.0378. The second kappa shape index (κ2) is 5.99. The summed E-state index contributed by atoms with van der Waals surface area (Å²) < 4.78 is 0. The first kappa shape index (κ1) is 13.9. The Morgan fingerprint density at radius 3 is 2.56 bits per heavy atom. The summed E-state index contributed by atoms with van der Waals surface area (Å²) in [4.78, 5) is 4.81. The van der Waals surface area contributed by atoms with E-state index >= 15 is 0 Å². The molecule has 3 heteroatoms. The molecule has 0 aliphatic carbocycles. The Bertz CT molecular complexity index is 204. The van der Waals surface area contributed by atoms with Gasteiger partial charge in [-0.3, -0.25) is 0 Å². The molecular weight excluding hydrogens is 200 g/mol. The van der Waals surface area contributed by atoms with E-state index in [1.807, 2.05) is 0 Å². The van der Waals surface area contributed by atoms with Crippen LogP contribution in [-0.4, -0.2) is 61.8 Å². The molecule has 0 aromatic heterocycles. The van der Waals surface area contributed by atoms with Gasteiger partial charge in [0.15, 0.2) is 0 Å². The first-order valence-electron chi connectivity index (χ1n) is 6.43. The smallest absolute Gasteiger partial charge is 0.0433 e. The zero-order valence-electron chi connectivity index (χ0n) is 11.4. The normalized spacial score (nSPS) is 26.2. The van der Waals surface area contributed by atoms with E-state index in [1.165, 1.54) is 26.1 Å². The van der Waals surface area contributed by atoms with Gasteiger partial charge in [0.1, 0.15) is 0 Å². The van der Waals surface area contributed by atoms with Gasteiger partial charge in [0.2, 0.25) is 0 Å². The standard InChI is InChI=1S/C13H28N2O/c1-13(2)11-15(9-8-14(3)4)7-5-12(13)6-10-16/h12,16H,5-11H2,1-4H3. The lowest BCUT2D eigenvalue weighted by Gasteiger charge is -2.44. The fraction of sp³-hybridized carbons (Fsp3) is 1.00. The van der Waals surface area contributed by atoms with Crippen LogP contribution in [0, 0.1) is 11.3 Å². The van der Waals surface area contributed by atoms with Crippen molar-refractivity contribution in [3.8, 4) is 0 Å². The summed E-state index contributed by atoms with van der Waals surface area (Å²) in [6, 6.07) is 0. The first-order valence-corrected chi connectivity index (χ1v) is 6.43. The van der Waals surface area contributed by atoms with Crippen LogP contribution in [-0.2, 0) is 0 Å². The van der Waals surface area contributed by atoms with Crippen LogP contribution in [0.4, 0.5) is 0 Å². The van der Waals surface area contributed by atoms with E-state index < -0.39 is 0 Å². The molecule has 0 bridgehead atoms. The van der Waals surface area contributed by atoms with E-state index in [0.717, 1.165) is 13.0 Å². The van der Waals surface area contributed by atoms with Gasteiger partial charge in [-0.1, -0.05) is 13.8 Å². The van der Waals surface area contributed by atoms with Crippen molar-refractivity contribution in [3.63, 3.8) is 0 Å². The molecule has 1 aliphatic rings. The van der Waals surface area contributed by atoms with Crippen LogP contribution in [0.15, 0.2) is 0 Å². The van der Waals surface area contributed by atoms with Crippen molar-refractivity contribution < 1.29 is 5.11 Å². The van der Waals surface area contributed by atoms with Crippen LogP contribution >= 0.6 is 0 Å². The maximum atomic E-state index is 9.07. The topological polar surface area (TPSA) is 26.7 Å². The third-order valence-corrected chi connectivity index (χ3v) is 3.87. The largest absolute Gasteiger partial charge is 0.396 e. The van der Waals surface area contributed by atoms with Crippen LogP contribution < -0.4 is 0 Å².